The lowest BCUT2D eigenvalue weighted by molar-refractivity contribution is 0.122. The van der Waals surface area contributed by atoms with Crippen molar-refractivity contribution in [2.45, 2.75) is 26.7 Å². The highest BCUT2D eigenvalue weighted by Crippen LogP contribution is 2.18. The van der Waals surface area contributed by atoms with Crippen molar-refractivity contribution in [3.8, 4) is 0 Å². The highest BCUT2D eigenvalue weighted by Gasteiger charge is 2.11. The number of hydrogen-bond acceptors (Lipinski definition) is 4. The first kappa shape index (κ1) is 20.3. The van der Waals surface area contributed by atoms with Crippen molar-refractivity contribution in [1.29, 1.82) is 0 Å². The molecule has 1 fully saturated rings. The van der Waals surface area contributed by atoms with E-state index in [4.69, 9.17) is 17.0 Å². The zero-order chi connectivity index (χ0) is 19.9. The molecule has 1 heterocycles. The number of benzene rings is 2. The molecule has 0 radical (unpaired) electrons. The van der Waals surface area contributed by atoms with E-state index >= 15 is 0 Å². The van der Waals surface area contributed by atoms with Gasteiger partial charge in [-0.05, 0) is 60.5 Å². The molecule has 3 rings (SSSR count). The average molecular weight is 397 g/mol. The van der Waals surface area contributed by atoms with Crippen LogP contribution in [0.3, 0.4) is 0 Å². The van der Waals surface area contributed by atoms with E-state index in [0.717, 1.165) is 43.3 Å². The van der Waals surface area contributed by atoms with Crippen LogP contribution in [0.5, 0.6) is 0 Å². The van der Waals surface area contributed by atoms with Crippen LogP contribution in [0.4, 0.5) is 11.4 Å². The minimum atomic E-state index is 0.474. The van der Waals surface area contributed by atoms with Gasteiger partial charge in [0, 0.05) is 24.5 Å². The van der Waals surface area contributed by atoms with Crippen molar-refractivity contribution >= 4 is 34.4 Å². The van der Waals surface area contributed by atoms with Crippen molar-refractivity contribution in [1.82, 2.24) is 5.43 Å². The first-order valence-corrected chi connectivity index (χ1v) is 10.1. The van der Waals surface area contributed by atoms with Crippen molar-refractivity contribution in [3.05, 3.63) is 59.7 Å². The predicted octanol–water partition coefficient (Wildman–Crippen LogP) is 4.36. The van der Waals surface area contributed by atoms with Crippen LogP contribution in [0.25, 0.3) is 0 Å². The summed E-state index contributed by atoms with van der Waals surface area (Å²) in [6.45, 7) is 9.78. The molecule has 1 saturated heterocycles. The van der Waals surface area contributed by atoms with Gasteiger partial charge in [-0.15, -0.1) is 0 Å². The molecule has 148 valence electrons. The molecule has 2 aromatic rings. The smallest absolute Gasteiger partial charge is 0.191 e. The third kappa shape index (κ3) is 5.53. The maximum Gasteiger partial charge on any atom is 0.191 e. The number of nitrogens with one attached hydrogen (secondary N) is 2. The molecule has 5 nitrogen and oxygen atoms in total. The van der Waals surface area contributed by atoms with Gasteiger partial charge in [-0.2, -0.15) is 5.10 Å². The van der Waals surface area contributed by atoms with Crippen LogP contribution >= 0.6 is 12.2 Å². The largest absolute Gasteiger partial charge is 0.378 e. The monoisotopic (exact) mass is 396 g/mol. The highest BCUT2D eigenvalue weighted by molar-refractivity contribution is 7.80. The average Bonchev–Trinajstić information content (AvgIpc) is 2.73. The lowest BCUT2D eigenvalue weighted by Gasteiger charge is -2.28. The minimum absolute atomic E-state index is 0.474. The maximum absolute atomic E-state index is 5.41. The Morgan fingerprint density at radius 3 is 2.29 bits per heavy atom. The second kappa shape index (κ2) is 9.66. The van der Waals surface area contributed by atoms with E-state index in [1.807, 2.05) is 19.1 Å². The standard InChI is InChI=1S/C22H28N4OS/c1-16(2)18-4-8-20(9-5-18)23-22(28)25-24-17(3)19-6-10-21(11-7-19)26-12-14-27-15-13-26/h4-11,16H,12-15H2,1-3H3,(H2,23,25,28)/b24-17+. The van der Waals surface area contributed by atoms with Crippen LogP contribution in [-0.2, 0) is 4.74 Å². The summed E-state index contributed by atoms with van der Waals surface area (Å²) in [5, 5.41) is 8.04. The molecule has 0 spiro atoms. The van der Waals surface area contributed by atoms with E-state index in [1.54, 1.807) is 0 Å². The molecule has 0 aliphatic carbocycles. The van der Waals surface area contributed by atoms with Crippen molar-refractivity contribution in [2.24, 2.45) is 5.10 Å². The number of rotatable bonds is 5. The van der Waals surface area contributed by atoms with Crippen LogP contribution in [0.1, 0.15) is 37.8 Å². The lowest BCUT2D eigenvalue weighted by atomic mass is 10.0. The SMILES string of the molecule is C/C(=N\NC(=S)Nc1ccc(C(C)C)cc1)c1ccc(N2CCOCC2)cc1. The molecular formula is C22H28N4OS. The lowest BCUT2D eigenvalue weighted by Crippen LogP contribution is -2.36. The zero-order valence-electron chi connectivity index (χ0n) is 16.7. The normalized spacial score (nSPS) is 14.9. The van der Waals surface area contributed by atoms with Crippen LogP contribution in [0, 0.1) is 0 Å². The molecule has 0 amide bonds. The fourth-order valence-corrected chi connectivity index (χ4v) is 3.21. The van der Waals surface area contributed by atoms with Crippen molar-refractivity contribution in [2.75, 3.05) is 36.5 Å². The van der Waals surface area contributed by atoms with Gasteiger partial charge in [-0.3, -0.25) is 5.43 Å². The molecule has 0 unspecified atom stereocenters. The molecule has 0 saturated carbocycles. The summed E-state index contributed by atoms with van der Waals surface area (Å²) < 4.78 is 5.41. The van der Waals surface area contributed by atoms with Crippen LogP contribution < -0.4 is 15.6 Å². The first-order chi connectivity index (χ1) is 13.5. The van der Waals surface area contributed by atoms with E-state index in [2.05, 4.69) is 71.0 Å². The Balaban J connectivity index is 1.54. The van der Waals surface area contributed by atoms with Gasteiger partial charge >= 0.3 is 0 Å². The summed E-state index contributed by atoms with van der Waals surface area (Å²) in [5.74, 6) is 0.515. The third-order valence-corrected chi connectivity index (χ3v) is 5.02. The molecule has 0 bridgehead atoms. The van der Waals surface area contributed by atoms with Crippen molar-refractivity contribution < 1.29 is 4.74 Å². The molecule has 28 heavy (non-hydrogen) atoms. The number of anilines is 2. The topological polar surface area (TPSA) is 48.9 Å². The van der Waals surface area contributed by atoms with Crippen LogP contribution in [-0.4, -0.2) is 37.1 Å². The molecule has 2 aromatic carbocycles. The Morgan fingerprint density at radius 1 is 1.04 bits per heavy atom. The summed E-state index contributed by atoms with van der Waals surface area (Å²) in [6.07, 6.45) is 0. The van der Waals surface area contributed by atoms with E-state index in [9.17, 15) is 0 Å². The summed E-state index contributed by atoms with van der Waals surface area (Å²) in [7, 11) is 0. The molecule has 1 aliphatic rings. The molecule has 0 atom stereocenters. The van der Waals surface area contributed by atoms with E-state index in [0.29, 0.717) is 11.0 Å². The first-order valence-electron chi connectivity index (χ1n) is 9.67. The quantitative estimate of drug-likeness (QED) is 0.447. The van der Waals surface area contributed by atoms with Crippen LogP contribution in [0.2, 0.25) is 0 Å². The molecule has 1 aliphatic heterocycles. The number of nitrogens with zero attached hydrogens (tertiary/aromatic N) is 2. The summed E-state index contributed by atoms with van der Waals surface area (Å²) in [5.41, 5.74) is 8.34. The Bertz CT molecular complexity index is 809. The third-order valence-electron chi connectivity index (χ3n) is 4.82. The van der Waals surface area contributed by atoms with Gasteiger partial charge in [0.05, 0.1) is 18.9 Å². The Morgan fingerprint density at radius 2 is 1.68 bits per heavy atom. The van der Waals surface area contributed by atoms with Gasteiger partial charge in [0.15, 0.2) is 5.11 Å². The predicted molar refractivity (Wildman–Crippen MR) is 122 cm³/mol. The van der Waals surface area contributed by atoms with Gasteiger partial charge in [0.25, 0.3) is 0 Å². The Kier molecular flexibility index (Phi) is 7.01. The fraction of sp³-hybridized carbons (Fsp3) is 0.364. The van der Waals surface area contributed by atoms with E-state index in [1.165, 1.54) is 11.3 Å². The molecule has 0 aromatic heterocycles. The molecular weight excluding hydrogens is 368 g/mol. The molecule has 6 heteroatoms. The summed E-state index contributed by atoms with van der Waals surface area (Å²) in [4.78, 5) is 2.33. The number of morpholine rings is 1. The number of ether oxygens (including phenoxy) is 1. The van der Waals surface area contributed by atoms with E-state index < -0.39 is 0 Å². The highest BCUT2D eigenvalue weighted by atomic mass is 32.1. The van der Waals surface area contributed by atoms with Gasteiger partial charge in [-0.1, -0.05) is 38.1 Å². The number of hydrazone groups is 1. The number of hydrogen-bond donors (Lipinski definition) is 2. The Hall–Kier alpha value is -2.44. The minimum Gasteiger partial charge on any atom is -0.378 e. The fourth-order valence-electron chi connectivity index (χ4n) is 3.04. The second-order valence-corrected chi connectivity index (χ2v) is 7.59. The van der Waals surface area contributed by atoms with Gasteiger partial charge in [-0.25, -0.2) is 0 Å². The van der Waals surface area contributed by atoms with Gasteiger partial charge in [0.2, 0.25) is 0 Å². The Labute approximate surface area is 172 Å². The summed E-state index contributed by atoms with van der Waals surface area (Å²) >= 11 is 5.35. The number of thiocarbonyl (C=S) groups is 1. The maximum atomic E-state index is 5.41. The van der Waals surface area contributed by atoms with E-state index in [-0.39, 0.29) is 0 Å². The molecule has 2 N–H and O–H groups in total. The van der Waals surface area contributed by atoms with Crippen molar-refractivity contribution in [3.63, 3.8) is 0 Å². The second-order valence-electron chi connectivity index (χ2n) is 7.19. The van der Waals surface area contributed by atoms with Gasteiger partial charge in [0.1, 0.15) is 0 Å². The van der Waals surface area contributed by atoms with Gasteiger partial charge < -0.3 is 15.0 Å². The zero-order valence-corrected chi connectivity index (χ0v) is 17.6. The van der Waals surface area contributed by atoms with Crippen LogP contribution in [0.15, 0.2) is 53.6 Å². The summed E-state index contributed by atoms with van der Waals surface area (Å²) in [6, 6.07) is 16.7.